The fourth-order valence-corrected chi connectivity index (χ4v) is 8.59. The third-order valence-electron chi connectivity index (χ3n) is 13.5. The molecule has 0 saturated carbocycles. The van der Waals surface area contributed by atoms with Crippen LogP contribution < -0.4 is 0 Å². The maximum atomic E-state index is 12.9. The van der Waals surface area contributed by atoms with E-state index in [0.29, 0.717) is 19.3 Å². The first-order valence-corrected chi connectivity index (χ1v) is 33.0. The first-order chi connectivity index (χ1) is 40.0. The van der Waals surface area contributed by atoms with Gasteiger partial charge < -0.3 is 14.2 Å². The Kier molecular flexibility index (Phi) is 63.4. The summed E-state index contributed by atoms with van der Waals surface area (Å²) in [6.07, 6.45) is 98.5. The van der Waals surface area contributed by atoms with E-state index < -0.39 is 6.10 Å². The number of unbranched alkanes of at least 4 members (excludes halogenated alkanes) is 21. The van der Waals surface area contributed by atoms with Crippen molar-refractivity contribution in [2.24, 2.45) is 0 Å². The van der Waals surface area contributed by atoms with Gasteiger partial charge in [-0.3, -0.25) is 14.4 Å². The number of carbonyl (C=O) groups excluding carboxylic acids is 3. The van der Waals surface area contributed by atoms with E-state index in [1.807, 2.05) is 0 Å². The Balaban J connectivity index is 4.24. The average Bonchev–Trinajstić information content (AvgIpc) is 3.47. The van der Waals surface area contributed by atoms with Gasteiger partial charge in [0.2, 0.25) is 0 Å². The van der Waals surface area contributed by atoms with Crippen molar-refractivity contribution in [3.63, 3.8) is 0 Å². The summed E-state index contributed by atoms with van der Waals surface area (Å²) in [5.41, 5.74) is 0. The summed E-state index contributed by atoms with van der Waals surface area (Å²) in [5.74, 6) is -0.945. The SMILES string of the molecule is CC/C=C\C/C=C\C/C=C\C/C=C\C/C=C\C/C=C\C/C=C\C/C=C\C/C=C\C/C=C\CCCCCCC(=O)OCC(COC(=O)CCCCCCCCC)OC(=O)CCCCCCCC/C=C\C/C=C\C/C=C\CCCCCCC. The van der Waals surface area contributed by atoms with Gasteiger partial charge >= 0.3 is 17.9 Å². The molecule has 0 bridgehead atoms. The molecule has 0 aromatic heterocycles. The summed E-state index contributed by atoms with van der Waals surface area (Å²) in [7, 11) is 0. The van der Waals surface area contributed by atoms with Crippen LogP contribution in [-0.4, -0.2) is 37.2 Å². The van der Waals surface area contributed by atoms with Crippen LogP contribution in [-0.2, 0) is 28.6 Å². The van der Waals surface area contributed by atoms with E-state index in [0.717, 1.165) is 161 Å². The molecule has 0 aliphatic rings. The summed E-state index contributed by atoms with van der Waals surface area (Å²) in [6, 6.07) is 0. The van der Waals surface area contributed by atoms with Gasteiger partial charge in [-0.1, -0.05) is 281 Å². The van der Waals surface area contributed by atoms with Crippen LogP contribution in [0.3, 0.4) is 0 Å². The van der Waals surface area contributed by atoms with Crippen molar-refractivity contribution < 1.29 is 28.6 Å². The second-order valence-electron chi connectivity index (χ2n) is 21.3. The van der Waals surface area contributed by atoms with Crippen LogP contribution in [0.5, 0.6) is 0 Å². The number of rotatable bonds is 58. The minimum atomic E-state index is -0.800. The molecule has 0 radical (unpaired) electrons. The standard InChI is InChI=1S/C75H120O6/c1-4-7-10-13-16-18-20-22-24-26-28-30-31-32-33-34-35-36-37-38-39-40-41-42-43-45-46-48-50-52-54-56-59-62-65-68-74(77)80-71-72(70-79-73(76)67-64-61-58-15-12-9-6-3)81-75(78)69-66-63-60-57-55-53-51-49-47-44-29-27-25-23-21-19-17-14-11-8-5-2/h7,10,16,18,21-24,27-30,32-33,35-36,38-39,41-42,45-47,49-50,52,72H,4-6,8-9,11-15,17,19-20,25-26,31,34,37,40,43-44,48,51,53-71H2,1-3H3/b10-7-,18-16-,23-21-,24-22-,29-27-,30-28-,33-32-,36-35-,39-38-,42-41-,46-45-,49-47-,52-50-. The molecule has 1 unspecified atom stereocenters. The van der Waals surface area contributed by atoms with E-state index in [2.05, 4.69) is 179 Å². The van der Waals surface area contributed by atoms with Crippen molar-refractivity contribution in [3.8, 4) is 0 Å². The van der Waals surface area contributed by atoms with Gasteiger partial charge in [0.05, 0.1) is 0 Å². The second kappa shape index (κ2) is 67.5. The predicted octanol–water partition coefficient (Wildman–Crippen LogP) is 22.9. The van der Waals surface area contributed by atoms with Crippen LogP contribution in [0.25, 0.3) is 0 Å². The van der Waals surface area contributed by atoms with E-state index >= 15 is 0 Å². The molecule has 0 aliphatic heterocycles. The molecule has 1 atom stereocenters. The third-order valence-corrected chi connectivity index (χ3v) is 13.5. The summed E-state index contributed by atoms with van der Waals surface area (Å²) in [5, 5.41) is 0. The van der Waals surface area contributed by atoms with Crippen LogP contribution in [0.1, 0.15) is 278 Å². The zero-order chi connectivity index (χ0) is 58.5. The fraction of sp³-hybridized carbons (Fsp3) is 0.613. The largest absolute Gasteiger partial charge is 0.462 e. The highest BCUT2D eigenvalue weighted by molar-refractivity contribution is 5.71. The molecule has 0 amide bonds. The van der Waals surface area contributed by atoms with Crippen LogP contribution >= 0.6 is 0 Å². The molecule has 0 aliphatic carbocycles. The minimum absolute atomic E-state index is 0.0960. The monoisotopic (exact) mass is 1120 g/mol. The van der Waals surface area contributed by atoms with Crippen molar-refractivity contribution >= 4 is 17.9 Å². The average molecular weight is 1120 g/mol. The van der Waals surface area contributed by atoms with Gasteiger partial charge in [0.15, 0.2) is 6.10 Å². The van der Waals surface area contributed by atoms with Gasteiger partial charge in [-0.15, -0.1) is 0 Å². The van der Waals surface area contributed by atoms with E-state index in [1.165, 1.54) is 77.0 Å². The highest BCUT2D eigenvalue weighted by Crippen LogP contribution is 2.14. The van der Waals surface area contributed by atoms with Gasteiger partial charge in [0, 0.05) is 19.3 Å². The Morgan fingerprint density at radius 3 is 0.753 bits per heavy atom. The molecule has 0 aromatic carbocycles. The summed E-state index contributed by atoms with van der Waals surface area (Å²) >= 11 is 0. The lowest BCUT2D eigenvalue weighted by Crippen LogP contribution is -2.30. The number of carbonyl (C=O) groups is 3. The van der Waals surface area contributed by atoms with Crippen molar-refractivity contribution in [2.45, 2.75) is 284 Å². The van der Waals surface area contributed by atoms with Crippen LogP contribution in [0.2, 0.25) is 0 Å². The normalized spacial score (nSPS) is 13.2. The molecule has 6 heteroatoms. The maximum Gasteiger partial charge on any atom is 0.306 e. The molecule has 0 N–H and O–H groups in total. The van der Waals surface area contributed by atoms with Crippen molar-refractivity contribution in [1.82, 2.24) is 0 Å². The van der Waals surface area contributed by atoms with Crippen molar-refractivity contribution in [3.05, 3.63) is 158 Å². The Morgan fingerprint density at radius 1 is 0.259 bits per heavy atom. The van der Waals surface area contributed by atoms with Gasteiger partial charge in [0.25, 0.3) is 0 Å². The Labute approximate surface area is 499 Å². The zero-order valence-corrected chi connectivity index (χ0v) is 52.2. The van der Waals surface area contributed by atoms with E-state index in [4.69, 9.17) is 14.2 Å². The summed E-state index contributed by atoms with van der Waals surface area (Å²) < 4.78 is 16.8. The van der Waals surface area contributed by atoms with Crippen molar-refractivity contribution in [1.29, 1.82) is 0 Å². The molecule has 0 aromatic rings. The van der Waals surface area contributed by atoms with E-state index in [1.54, 1.807) is 0 Å². The van der Waals surface area contributed by atoms with Crippen molar-refractivity contribution in [2.75, 3.05) is 13.2 Å². The molecular formula is C75H120O6. The lowest BCUT2D eigenvalue weighted by Gasteiger charge is -2.18. The highest BCUT2D eigenvalue weighted by Gasteiger charge is 2.19. The lowest BCUT2D eigenvalue weighted by atomic mass is 10.1. The highest BCUT2D eigenvalue weighted by atomic mass is 16.6. The number of hydrogen-bond donors (Lipinski definition) is 0. The van der Waals surface area contributed by atoms with Gasteiger partial charge in [0.1, 0.15) is 13.2 Å². The lowest BCUT2D eigenvalue weighted by molar-refractivity contribution is -0.167. The number of ether oxygens (including phenoxy) is 3. The molecular weight excluding hydrogens is 997 g/mol. The molecule has 456 valence electrons. The third kappa shape index (κ3) is 65.7. The minimum Gasteiger partial charge on any atom is -0.462 e. The zero-order valence-electron chi connectivity index (χ0n) is 52.2. The Morgan fingerprint density at radius 2 is 0.481 bits per heavy atom. The van der Waals surface area contributed by atoms with Gasteiger partial charge in [-0.2, -0.15) is 0 Å². The molecule has 6 nitrogen and oxygen atoms in total. The van der Waals surface area contributed by atoms with Gasteiger partial charge in [-0.05, 0) is 135 Å². The smallest absolute Gasteiger partial charge is 0.306 e. The first-order valence-electron chi connectivity index (χ1n) is 33.0. The van der Waals surface area contributed by atoms with Crippen LogP contribution in [0.15, 0.2) is 158 Å². The van der Waals surface area contributed by atoms with Gasteiger partial charge in [-0.25, -0.2) is 0 Å². The summed E-state index contributed by atoms with van der Waals surface area (Å²) in [4.78, 5) is 38.1. The quantitative estimate of drug-likeness (QED) is 0.0261. The number of allylic oxidation sites excluding steroid dienone is 26. The number of hydrogen-bond acceptors (Lipinski definition) is 6. The first kappa shape index (κ1) is 76.0. The second-order valence-corrected chi connectivity index (χ2v) is 21.3. The molecule has 0 fully saturated rings. The van der Waals surface area contributed by atoms with E-state index in [9.17, 15) is 14.4 Å². The molecule has 0 rings (SSSR count). The fourth-order valence-electron chi connectivity index (χ4n) is 8.59. The van der Waals surface area contributed by atoms with E-state index in [-0.39, 0.29) is 31.1 Å². The molecule has 0 saturated heterocycles. The maximum absolute atomic E-state index is 12.9. The Bertz CT molecular complexity index is 1810. The van der Waals surface area contributed by atoms with Crippen LogP contribution in [0.4, 0.5) is 0 Å². The molecule has 81 heavy (non-hydrogen) atoms. The molecule has 0 heterocycles. The molecule has 0 spiro atoms. The summed E-state index contributed by atoms with van der Waals surface area (Å²) in [6.45, 7) is 6.43. The topological polar surface area (TPSA) is 78.9 Å². The number of esters is 3. The predicted molar refractivity (Wildman–Crippen MR) is 352 cm³/mol. The Hall–Kier alpha value is -4.97. The van der Waals surface area contributed by atoms with Crippen LogP contribution in [0, 0.1) is 0 Å².